The molecule has 1 saturated heterocycles. The lowest BCUT2D eigenvalue weighted by Gasteiger charge is -2.26. The van der Waals surface area contributed by atoms with Crippen molar-refractivity contribution in [2.24, 2.45) is 10.4 Å². The second kappa shape index (κ2) is 7.62. The van der Waals surface area contributed by atoms with E-state index in [1.165, 1.54) is 38.2 Å². The van der Waals surface area contributed by atoms with Gasteiger partial charge in [-0.25, -0.2) is 4.39 Å². The minimum absolute atomic E-state index is 0. The van der Waals surface area contributed by atoms with Gasteiger partial charge in [-0.3, -0.25) is 4.99 Å². The highest BCUT2D eigenvalue weighted by molar-refractivity contribution is 14.0. The van der Waals surface area contributed by atoms with Crippen molar-refractivity contribution in [1.82, 2.24) is 10.2 Å². The van der Waals surface area contributed by atoms with E-state index >= 15 is 0 Å². The molecule has 122 valence electrons. The van der Waals surface area contributed by atoms with Crippen LogP contribution in [0.15, 0.2) is 29.3 Å². The summed E-state index contributed by atoms with van der Waals surface area (Å²) in [5.74, 6) is 0.746. The fourth-order valence-electron chi connectivity index (χ4n) is 3.80. The van der Waals surface area contributed by atoms with Crippen LogP contribution in [0.1, 0.15) is 37.7 Å². The fourth-order valence-corrected chi connectivity index (χ4v) is 3.80. The molecule has 1 aromatic carbocycles. The molecule has 22 heavy (non-hydrogen) atoms. The molecule has 3 nitrogen and oxygen atoms in total. The molecule has 0 atom stereocenters. The standard InChI is InChI=1S/C17H24FN3.HI/c1-19-16(20-12-14-6-2-3-7-15(14)18)21-11-10-17(13-21)8-4-5-9-17;/h2-3,6-7H,4-5,8-13H2,1H3,(H,19,20);1H. The summed E-state index contributed by atoms with van der Waals surface area (Å²) < 4.78 is 13.7. The van der Waals surface area contributed by atoms with Crippen LogP contribution in [-0.4, -0.2) is 31.0 Å². The molecule has 1 N–H and O–H groups in total. The van der Waals surface area contributed by atoms with Gasteiger partial charge in [0.15, 0.2) is 5.96 Å². The van der Waals surface area contributed by atoms with Gasteiger partial charge in [-0.05, 0) is 30.7 Å². The van der Waals surface area contributed by atoms with Crippen molar-refractivity contribution in [3.63, 3.8) is 0 Å². The monoisotopic (exact) mass is 417 g/mol. The van der Waals surface area contributed by atoms with E-state index in [4.69, 9.17) is 0 Å². The molecule has 0 amide bonds. The van der Waals surface area contributed by atoms with Crippen LogP contribution in [-0.2, 0) is 6.54 Å². The largest absolute Gasteiger partial charge is 0.352 e. The van der Waals surface area contributed by atoms with Crippen LogP contribution in [0.25, 0.3) is 0 Å². The summed E-state index contributed by atoms with van der Waals surface area (Å²) in [6, 6.07) is 6.91. The van der Waals surface area contributed by atoms with Gasteiger partial charge in [0, 0.05) is 32.2 Å². The van der Waals surface area contributed by atoms with Crippen LogP contribution in [0.5, 0.6) is 0 Å². The summed E-state index contributed by atoms with van der Waals surface area (Å²) in [5, 5.41) is 3.31. The molecule has 1 aromatic rings. The zero-order chi connectivity index (χ0) is 14.7. The van der Waals surface area contributed by atoms with Crippen LogP contribution in [0.3, 0.4) is 0 Å². The van der Waals surface area contributed by atoms with Gasteiger partial charge in [-0.15, -0.1) is 24.0 Å². The predicted octanol–water partition coefficient (Wildman–Crippen LogP) is 3.79. The number of hydrogen-bond acceptors (Lipinski definition) is 1. The zero-order valence-electron chi connectivity index (χ0n) is 13.1. The maximum atomic E-state index is 13.7. The quantitative estimate of drug-likeness (QED) is 0.451. The van der Waals surface area contributed by atoms with E-state index in [0.29, 0.717) is 17.5 Å². The number of likely N-dealkylation sites (tertiary alicyclic amines) is 1. The molecule has 2 fully saturated rings. The molecule has 3 rings (SSSR count). The minimum Gasteiger partial charge on any atom is -0.352 e. The maximum absolute atomic E-state index is 13.7. The molecule has 0 bridgehead atoms. The minimum atomic E-state index is -0.158. The Bertz CT molecular complexity index is 526. The highest BCUT2D eigenvalue weighted by Gasteiger charge is 2.41. The highest BCUT2D eigenvalue weighted by atomic mass is 127. The van der Waals surface area contributed by atoms with Crippen molar-refractivity contribution in [2.75, 3.05) is 20.1 Å². The summed E-state index contributed by atoms with van der Waals surface area (Å²) in [4.78, 5) is 6.72. The number of hydrogen-bond donors (Lipinski definition) is 1. The smallest absolute Gasteiger partial charge is 0.193 e. The second-order valence-electron chi connectivity index (χ2n) is 6.37. The van der Waals surface area contributed by atoms with E-state index in [0.717, 1.165) is 19.0 Å². The molecule has 0 unspecified atom stereocenters. The number of rotatable bonds is 2. The number of nitrogens with zero attached hydrogens (tertiary/aromatic N) is 2. The van der Waals surface area contributed by atoms with Gasteiger partial charge in [0.1, 0.15) is 5.82 Å². The fraction of sp³-hybridized carbons (Fsp3) is 0.588. The highest BCUT2D eigenvalue weighted by Crippen LogP contribution is 2.45. The van der Waals surface area contributed by atoms with Gasteiger partial charge in [-0.1, -0.05) is 31.0 Å². The molecule has 0 aromatic heterocycles. The topological polar surface area (TPSA) is 27.6 Å². The summed E-state index contributed by atoms with van der Waals surface area (Å²) in [5.41, 5.74) is 1.21. The van der Waals surface area contributed by atoms with Crippen molar-refractivity contribution in [3.8, 4) is 0 Å². The van der Waals surface area contributed by atoms with Gasteiger partial charge < -0.3 is 10.2 Å². The summed E-state index contributed by atoms with van der Waals surface area (Å²) in [6.45, 7) is 2.66. The third-order valence-corrected chi connectivity index (χ3v) is 5.01. The van der Waals surface area contributed by atoms with Crippen molar-refractivity contribution in [3.05, 3.63) is 35.6 Å². The SMILES string of the molecule is CN=C(NCc1ccccc1F)N1CCC2(CCCC2)C1.I. The van der Waals surface area contributed by atoms with Crippen molar-refractivity contribution >= 4 is 29.9 Å². The lowest BCUT2D eigenvalue weighted by Crippen LogP contribution is -2.40. The van der Waals surface area contributed by atoms with E-state index in [9.17, 15) is 4.39 Å². The van der Waals surface area contributed by atoms with Crippen LogP contribution < -0.4 is 5.32 Å². The first-order chi connectivity index (χ1) is 10.2. The third-order valence-electron chi connectivity index (χ3n) is 5.01. The van der Waals surface area contributed by atoms with Crippen molar-refractivity contribution in [1.29, 1.82) is 0 Å². The third kappa shape index (κ3) is 3.73. The summed E-state index contributed by atoms with van der Waals surface area (Å²) in [7, 11) is 1.81. The summed E-state index contributed by atoms with van der Waals surface area (Å²) in [6.07, 6.45) is 6.72. The molecule has 2 aliphatic rings. The number of nitrogens with one attached hydrogen (secondary N) is 1. The van der Waals surface area contributed by atoms with Crippen molar-refractivity contribution < 1.29 is 4.39 Å². The first-order valence-electron chi connectivity index (χ1n) is 7.91. The van der Waals surface area contributed by atoms with E-state index in [2.05, 4.69) is 15.2 Å². The van der Waals surface area contributed by atoms with Gasteiger partial charge in [0.25, 0.3) is 0 Å². The van der Waals surface area contributed by atoms with Gasteiger partial charge in [0.05, 0.1) is 0 Å². The lowest BCUT2D eigenvalue weighted by atomic mass is 9.86. The number of halogens is 2. The Balaban J connectivity index is 0.00000176. The Morgan fingerprint density at radius 3 is 2.68 bits per heavy atom. The molecule has 0 radical (unpaired) electrons. The van der Waals surface area contributed by atoms with E-state index in [1.807, 2.05) is 19.2 Å². The number of benzene rings is 1. The first-order valence-corrected chi connectivity index (χ1v) is 7.91. The molecule has 1 aliphatic carbocycles. The van der Waals surface area contributed by atoms with Crippen LogP contribution in [0.4, 0.5) is 4.39 Å². The molecular weight excluding hydrogens is 392 g/mol. The zero-order valence-corrected chi connectivity index (χ0v) is 15.5. The predicted molar refractivity (Wildman–Crippen MR) is 99.1 cm³/mol. The molecule has 1 aliphatic heterocycles. The van der Waals surface area contributed by atoms with Crippen LogP contribution >= 0.6 is 24.0 Å². The van der Waals surface area contributed by atoms with Gasteiger partial charge in [0.2, 0.25) is 0 Å². The Kier molecular flexibility index (Phi) is 6.06. The van der Waals surface area contributed by atoms with Gasteiger partial charge >= 0.3 is 0 Å². The molecule has 1 saturated carbocycles. The van der Waals surface area contributed by atoms with Gasteiger partial charge in [-0.2, -0.15) is 0 Å². The lowest BCUT2D eigenvalue weighted by molar-refractivity contribution is 0.309. The molecule has 1 heterocycles. The van der Waals surface area contributed by atoms with E-state index in [1.54, 1.807) is 6.07 Å². The molecular formula is C17H25FIN3. The van der Waals surface area contributed by atoms with Crippen LogP contribution in [0.2, 0.25) is 0 Å². The normalized spacial score (nSPS) is 20.3. The first kappa shape index (κ1) is 17.5. The average molecular weight is 417 g/mol. The Labute approximate surface area is 149 Å². The summed E-state index contributed by atoms with van der Waals surface area (Å²) >= 11 is 0. The molecule has 1 spiro atoms. The molecule has 5 heteroatoms. The maximum Gasteiger partial charge on any atom is 0.193 e. The van der Waals surface area contributed by atoms with E-state index < -0.39 is 0 Å². The second-order valence-corrected chi connectivity index (χ2v) is 6.37. The number of guanidine groups is 1. The average Bonchev–Trinajstić information content (AvgIpc) is 3.12. The van der Waals surface area contributed by atoms with E-state index in [-0.39, 0.29) is 29.8 Å². The number of aliphatic imine (C=N–C) groups is 1. The Morgan fingerprint density at radius 2 is 2.00 bits per heavy atom. The van der Waals surface area contributed by atoms with Crippen molar-refractivity contribution in [2.45, 2.75) is 38.6 Å². The van der Waals surface area contributed by atoms with Crippen LogP contribution in [0, 0.1) is 11.2 Å². The Hall–Kier alpha value is -0.850. The Morgan fingerprint density at radius 1 is 1.27 bits per heavy atom.